The largest absolute Gasteiger partial charge is 0.381 e. The van der Waals surface area contributed by atoms with Gasteiger partial charge in [0.25, 0.3) is 0 Å². The summed E-state index contributed by atoms with van der Waals surface area (Å²) in [5.41, 5.74) is 3.10. The normalized spacial score (nSPS) is 24.0. The average Bonchev–Trinajstić information content (AvgIpc) is 2.78. The highest BCUT2D eigenvalue weighted by Crippen LogP contribution is 2.19. The Morgan fingerprint density at radius 1 is 1.58 bits per heavy atom. The van der Waals surface area contributed by atoms with Gasteiger partial charge >= 0.3 is 0 Å². The van der Waals surface area contributed by atoms with Gasteiger partial charge < -0.3 is 15.0 Å². The van der Waals surface area contributed by atoms with Gasteiger partial charge in [-0.1, -0.05) is 6.92 Å². The van der Waals surface area contributed by atoms with Crippen LogP contribution in [-0.2, 0) is 11.3 Å². The molecule has 1 aliphatic rings. The third-order valence-corrected chi connectivity index (χ3v) is 4.66. The van der Waals surface area contributed by atoms with Crippen molar-refractivity contribution in [2.24, 2.45) is 5.92 Å². The van der Waals surface area contributed by atoms with Crippen LogP contribution in [0.5, 0.6) is 0 Å². The SMILES string of the molecule is CCNC1CCOCC1CN(C)Cc1scnc1C. The summed E-state index contributed by atoms with van der Waals surface area (Å²) in [5.74, 6) is 0.590. The number of nitrogens with one attached hydrogen (secondary N) is 1. The van der Waals surface area contributed by atoms with Crippen LogP contribution in [0.3, 0.4) is 0 Å². The maximum atomic E-state index is 5.64. The first kappa shape index (κ1) is 14.9. The molecule has 4 nitrogen and oxygen atoms in total. The molecule has 1 aromatic rings. The Morgan fingerprint density at radius 2 is 2.42 bits per heavy atom. The number of ether oxygens (including phenoxy) is 1. The van der Waals surface area contributed by atoms with E-state index in [1.54, 1.807) is 11.3 Å². The molecule has 5 heteroatoms. The van der Waals surface area contributed by atoms with Crippen LogP contribution in [0, 0.1) is 12.8 Å². The summed E-state index contributed by atoms with van der Waals surface area (Å²) in [6.07, 6.45) is 1.13. The van der Waals surface area contributed by atoms with E-state index in [4.69, 9.17) is 4.74 Å². The predicted octanol–water partition coefficient (Wildman–Crippen LogP) is 1.90. The number of nitrogens with zero attached hydrogens (tertiary/aromatic N) is 2. The molecule has 19 heavy (non-hydrogen) atoms. The zero-order valence-electron chi connectivity index (χ0n) is 12.2. The lowest BCUT2D eigenvalue weighted by molar-refractivity contribution is 0.0194. The monoisotopic (exact) mass is 283 g/mol. The van der Waals surface area contributed by atoms with E-state index in [-0.39, 0.29) is 0 Å². The van der Waals surface area contributed by atoms with Crippen molar-refractivity contribution in [3.63, 3.8) is 0 Å². The molecule has 1 aromatic heterocycles. The number of aromatic nitrogens is 1. The van der Waals surface area contributed by atoms with Gasteiger partial charge in [-0.25, -0.2) is 4.98 Å². The lowest BCUT2D eigenvalue weighted by atomic mass is 9.95. The van der Waals surface area contributed by atoms with Crippen LogP contribution in [0.2, 0.25) is 0 Å². The number of rotatable bonds is 6. The Kier molecular flexibility index (Phi) is 5.76. The minimum absolute atomic E-state index is 0.590. The van der Waals surface area contributed by atoms with Crippen LogP contribution in [0.1, 0.15) is 23.9 Å². The summed E-state index contributed by atoms with van der Waals surface area (Å²) in [6, 6.07) is 0.601. The Balaban J connectivity index is 1.86. The van der Waals surface area contributed by atoms with E-state index in [1.165, 1.54) is 10.6 Å². The molecule has 2 rings (SSSR count). The molecule has 0 spiro atoms. The summed E-state index contributed by atoms with van der Waals surface area (Å²) < 4.78 is 5.64. The molecule has 2 heterocycles. The molecule has 1 saturated heterocycles. The Morgan fingerprint density at radius 3 is 3.11 bits per heavy atom. The quantitative estimate of drug-likeness (QED) is 0.865. The number of hydrogen-bond acceptors (Lipinski definition) is 5. The molecule has 0 aliphatic carbocycles. The highest BCUT2D eigenvalue weighted by molar-refractivity contribution is 7.09. The minimum atomic E-state index is 0.590. The van der Waals surface area contributed by atoms with Crippen LogP contribution < -0.4 is 5.32 Å². The van der Waals surface area contributed by atoms with Gasteiger partial charge in [0.1, 0.15) is 0 Å². The van der Waals surface area contributed by atoms with Gasteiger partial charge in [-0.15, -0.1) is 11.3 Å². The minimum Gasteiger partial charge on any atom is -0.381 e. The highest BCUT2D eigenvalue weighted by atomic mass is 32.1. The summed E-state index contributed by atoms with van der Waals surface area (Å²) in [7, 11) is 2.19. The van der Waals surface area contributed by atoms with Gasteiger partial charge in [0.2, 0.25) is 0 Å². The third-order valence-electron chi connectivity index (χ3n) is 3.75. The van der Waals surface area contributed by atoms with Gasteiger partial charge in [0.05, 0.1) is 17.8 Å². The molecular formula is C14H25N3OS. The van der Waals surface area contributed by atoms with Gasteiger partial charge in [0, 0.05) is 36.5 Å². The number of thiazole rings is 1. The van der Waals surface area contributed by atoms with Crippen molar-refractivity contribution in [1.82, 2.24) is 15.2 Å². The van der Waals surface area contributed by atoms with Gasteiger partial charge in [-0.05, 0) is 26.9 Å². The van der Waals surface area contributed by atoms with Crippen LogP contribution >= 0.6 is 11.3 Å². The van der Waals surface area contributed by atoms with Crippen LogP contribution in [0.4, 0.5) is 0 Å². The summed E-state index contributed by atoms with van der Waals surface area (Å²) >= 11 is 1.75. The van der Waals surface area contributed by atoms with Crippen LogP contribution in [0.15, 0.2) is 5.51 Å². The first-order valence-electron chi connectivity index (χ1n) is 7.09. The van der Waals surface area contributed by atoms with Crippen molar-refractivity contribution in [2.45, 2.75) is 32.9 Å². The van der Waals surface area contributed by atoms with Crippen molar-refractivity contribution in [3.05, 3.63) is 16.1 Å². The van der Waals surface area contributed by atoms with Gasteiger partial charge in [-0.2, -0.15) is 0 Å². The molecular weight excluding hydrogens is 258 g/mol. The van der Waals surface area contributed by atoms with Crippen molar-refractivity contribution >= 4 is 11.3 Å². The van der Waals surface area contributed by atoms with Crippen LogP contribution in [-0.4, -0.2) is 49.3 Å². The van der Waals surface area contributed by atoms with E-state index in [0.29, 0.717) is 12.0 Å². The maximum absolute atomic E-state index is 5.64. The molecule has 0 radical (unpaired) electrons. The molecule has 2 atom stereocenters. The van der Waals surface area contributed by atoms with Crippen LogP contribution in [0.25, 0.3) is 0 Å². The second-order valence-electron chi connectivity index (χ2n) is 5.35. The maximum Gasteiger partial charge on any atom is 0.0798 e. The fourth-order valence-electron chi connectivity index (χ4n) is 2.70. The molecule has 0 saturated carbocycles. The topological polar surface area (TPSA) is 37.4 Å². The smallest absolute Gasteiger partial charge is 0.0798 e. The van der Waals surface area contributed by atoms with Gasteiger partial charge in [0.15, 0.2) is 0 Å². The Labute approximate surface area is 120 Å². The lowest BCUT2D eigenvalue weighted by Crippen LogP contribution is -2.47. The Bertz CT molecular complexity index is 381. The van der Waals surface area contributed by atoms with E-state index < -0.39 is 0 Å². The average molecular weight is 283 g/mol. The molecule has 1 N–H and O–H groups in total. The fourth-order valence-corrected chi connectivity index (χ4v) is 3.55. The zero-order chi connectivity index (χ0) is 13.7. The molecule has 108 valence electrons. The molecule has 0 aromatic carbocycles. The summed E-state index contributed by atoms with van der Waals surface area (Å²) in [4.78, 5) is 8.08. The van der Waals surface area contributed by atoms with E-state index in [2.05, 4.69) is 36.1 Å². The van der Waals surface area contributed by atoms with Gasteiger partial charge in [-0.3, -0.25) is 0 Å². The fraction of sp³-hybridized carbons (Fsp3) is 0.786. The molecule has 1 fully saturated rings. The van der Waals surface area contributed by atoms with Crippen molar-refractivity contribution in [2.75, 3.05) is 33.4 Å². The first-order valence-corrected chi connectivity index (χ1v) is 7.97. The molecule has 2 unspecified atom stereocenters. The molecule has 0 amide bonds. The zero-order valence-corrected chi connectivity index (χ0v) is 13.0. The first-order chi connectivity index (χ1) is 9.20. The van der Waals surface area contributed by atoms with Crippen molar-refractivity contribution in [1.29, 1.82) is 0 Å². The van der Waals surface area contributed by atoms with E-state index >= 15 is 0 Å². The van der Waals surface area contributed by atoms with E-state index in [0.717, 1.165) is 39.3 Å². The van der Waals surface area contributed by atoms with Crippen molar-refractivity contribution in [3.8, 4) is 0 Å². The molecule has 1 aliphatic heterocycles. The molecule has 0 bridgehead atoms. The summed E-state index contributed by atoms with van der Waals surface area (Å²) in [6.45, 7) is 9.15. The number of hydrogen-bond donors (Lipinski definition) is 1. The highest BCUT2D eigenvalue weighted by Gasteiger charge is 2.26. The predicted molar refractivity (Wildman–Crippen MR) is 79.6 cm³/mol. The van der Waals surface area contributed by atoms with E-state index in [9.17, 15) is 0 Å². The number of aryl methyl sites for hydroxylation is 1. The standard InChI is InChI=1S/C14H25N3OS/c1-4-15-13-5-6-18-9-12(13)7-17(3)8-14-11(2)16-10-19-14/h10,12-13,15H,4-9H2,1-3H3. The lowest BCUT2D eigenvalue weighted by Gasteiger charge is -2.34. The third kappa shape index (κ3) is 4.24. The Hall–Kier alpha value is -0.490. The second-order valence-corrected chi connectivity index (χ2v) is 6.28. The summed E-state index contributed by atoms with van der Waals surface area (Å²) in [5, 5.41) is 3.59. The van der Waals surface area contributed by atoms with Crippen molar-refractivity contribution < 1.29 is 4.74 Å². The van der Waals surface area contributed by atoms with E-state index in [1.807, 2.05) is 5.51 Å². The second kappa shape index (κ2) is 7.33.